The molecule has 2 aliphatic rings. The summed E-state index contributed by atoms with van der Waals surface area (Å²) < 4.78 is 0. The second kappa shape index (κ2) is 6.62. The molecule has 1 aliphatic carbocycles. The molecule has 0 amide bonds. The highest BCUT2D eigenvalue weighted by Crippen LogP contribution is 2.28. The van der Waals surface area contributed by atoms with E-state index in [-0.39, 0.29) is 0 Å². The Morgan fingerprint density at radius 3 is 2.43 bits per heavy atom. The van der Waals surface area contributed by atoms with Crippen LogP contribution < -0.4 is 5.32 Å². The highest BCUT2D eigenvalue weighted by Gasteiger charge is 2.28. The minimum absolute atomic E-state index is 0.470. The van der Waals surface area contributed by atoms with Crippen molar-refractivity contribution in [2.45, 2.75) is 44.2 Å². The van der Waals surface area contributed by atoms with Crippen LogP contribution >= 0.6 is 0 Å². The van der Waals surface area contributed by atoms with E-state index in [0.717, 1.165) is 17.4 Å². The number of hydrogen-bond donors (Lipinski definition) is 1. The molecule has 120 valence electrons. The lowest BCUT2D eigenvalue weighted by Crippen LogP contribution is -2.47. The summed E-state index contributed by atoms with van der Waals surface area (Å²) in [5, 5.41) is 3.50. The maximum Gasteiger partial charge on any atom is 0.226 e. The normalized spacial score (nSPS) is 20.2. The molecule has 5 heteroatoms. The van der Waals surface area contributed by atoms with Crippen LogP contribution in [0.3, 0.4) is 0 Å². The van der Waals surface area contributed by atoms with Crippen LogP contribution in [0.1, 0.15) is 32.1 Å². The minimum atomic E-state index is 0.470. The Morgan fingerprint density at radius 1 is 0.957 bits per heavy atom. The summed E-state index contributed by atoms with van der Waals surface area (Å²) in [5.41, 5.74) is 1.03. The molecule has 1 N–H and O–H groups in total. The number of rotatable bonds is 4. The fourth-order valence-electron chi connectivity index (χ4n) is 3.44. The first-order valence-corrected chi connectivity index (χ1v) is 8.63. The maximum atomic E-state index is 4.57. The summed E-state index contributed by atoms with van der Waals surface area (Å²) in [5.74, 6) is 1.43. The Hall–Kier alpha value is -2.01. The van der Waals surface area contributed by atoms with Gasteiger partial charge < -0.3 is 10.2 Å². The topological polar surface area (TPSA) is 53.9 Å². The lowest BCUT2D eigenvalue weighted by atomic mass is 9.89. The molecule has 4 rings (SSSR count). The third kappa shape index (κ3) is 3.34. The van der Waals surface area contributed by atoms with Crippen molar-refractivity contribution < 1.29 is 0 Å². The molecule has 2 aromatic rings. The van der Waals surface area contributed by atoms with Gasteiger partial charge in [-0.15, -0.1) is 0 Å². The van der Waals surface area contributed by atoms with E-state index in [4.69, 9.17) is 0 Å². The molecule has 23 heavy (non-hydrogen) atoms. The molecule has 0 unspecified atom stereocenters. The molecule has 0 radical (unpaired) electrons. The number of nitrogens with one attached hydrogen (secondary N) is 1. The Balaban J connectivity index is 1.38. The van der Waals surface area contributed by atoms with Gasteiger partial charge in [0.2, 0.25) is 5.95 Å². The third-order valence-electron chi connectivity index (χ3n) is 5.06. The summed E-state index contributed by atoms with van der Waals surface area (Å²) in [6.45, 7) is 2.39. The molecule has 1 aromatic carbocycles. The quantitative estimate of drug-likeness (QED) is 0.941. The number of hydrogen-bond acceptors (Lipinski definition) is 5. The molecular weight excluding hydrogens is 286 g/mol. The summed E-state index contributed by atoms with van der Waals surface area (Å²) >= 11 is 0. The van der Waals surface area contributed by atoms with E-state index < -0.39 is 0 Å². The Bertz CT molecular complexity index is 633. The number of likely N-dealkylation sites (tertiary alicyclic amines) is 1. The van der Waals surface area contributed by atoms with Crippen LogP contribution in [-0.2, 0) is 0 Å². The third-order valence-corrected chi connectivity index (χ3v) is 5.06. The average Bonchev–Trinajstić information content (AvgIpc) is 2.56. The van der Waals surface area contributed by atoms with Crippen molar-refractivity contribution in [3.05, 3.63) is 36.7 Å². The van der Waals surface area contributed by atoms with Crippen LogP contribution in [0.15, 0.2) is 36.7 Å². The zero-order valence-electron chi connectivity index (χ0n) is 13.4. The lowest BCUT2D eigenvalue weighted by molar-refractivity contribution is 0.101. The van der Waals surface area contributed by atoms with Gasteiger partial charge in [0.05, 0.1) is 0 Å². The second-order valence-corrected chi connectivity index (χ2v) is 6.54. The molecule has 1 saturated carbocycles. The monoisotopic (exact) mass is 309 g/mol. The van der Waals surface area contributed by atoms with Crippen LogP contribution in [0.25, 0.3) is 11.4 Å². The van der Waals surface area contributed by atoms with Gasteiger partial charge in [-0.3, -0.25) is 0 Å². The first kappa shape index (κ1) is 14.6. The molecule has 0 bridgehead atoms. The first-order valence-electron chi connectivity index (χ1n) is 8.63. The van der Waals surface area contributed by atoms with Crippen molar-refractivity contribution in [3.8, 4) is 11.4 Å². The molecule has 2 fully saturated rings. The highest BCUT2D eigenvalue weighted by atomic mass is 15.2. The highest BCUT2D eigenvalue weighted by molar-refractivity contribution is 5.55. The van der Waals surface area contributed by atoms with E-state index in [9.17, 15) is 0 Å². The van der Waals surface area contributed by atoms with Crippen LogP contribution in [-0.4, -0.2) is 45.0 Å². The van der Waals surface area contributed by atoms with E-state index in [0.29, 0.717) is 12.0 Å². The first-order chi connectivity index (χ1) is 11.4. The molecule has 1 aliphatic heterocycles. The molecule has 5 nitrogen and oxygen atoms in total. The van der Waals surface area contributed by atoms with Crippen molar-refractivity contribution in [2.24, 2.45) is 0 Å². The van der Waals surface area contributed by atoms with Gasteiger partial charge in [0.15, 0.2) is 5.82 Å². The number of nitrogens with zero attached hydrogens (tertiary/aromatic N) is 4. The van der Waals surface area contributed by atoms with Gasteiger partial charge in [0.1, 0.15) is 6.33 Å². The molecule has 1 aromatic heterocycles. The largest absolute Gasteiger partial charge is 0.351 e. The van der Waals surface area contributed by atoms with Crippen LogP contribution in [0, 0.1) is 0 Å². The Labute approximate surface area is 137 Å². The smallest absolute Gasteiger partial charge is 0.226 e. The van der Waals surface area contributed by atoms with Gasteiger partial charge in [0.25, 0.3) is 0 Å². The Kier molecular flexibility index (Phi) is 4.20. The maximum absolute atomic E-state index is 4.57. The predicted molar refractivity (Wildman–Crippen MR) is 91.1 cm³/mol. The van der Waals surface area contributed by atoms with Gasteiger partial charge >= 0.3 is 0 Å². The number of piperidine rings is 1. The van der Waals surface area contributed by atoms with Gasteiger partial charge in [0, 0.05) is 30.7 Å². The van der Waals surface area contributed by atoms with E-state index >= 15 is 0 Å². The number of benzene rings is 1. The van der Waals surface area contributed by atoms with Gasteiger partial charge in [-0.25, -0.2) is 9.97 Å². The Morgan fingerprint density at radius 2 is 1.74 bits per heavy atom. The standard InChI is InChI=1S/C18H23N5/c1-2-5-14(6-3-1)17-19-13-20-18(22-17)21-15-9-11-23(12-10-15)16-7-4-8-16/h1-3,5-6,13,15-16H,4,7-12H2,(H,19,20,21,22). The van der Waals surface area contributed by atoms with E-state index in [1.807, 2.05) is 30.3 Å². The van der Waals surface area contributed by atoms with Crippen molar-refractivity contribution in [1.29, 1.82) is 0 Å². The van der Waals surface area contributed by atoms with Crippen molar-refractivity contribution >= 4 is 5.95 Å². The predicted octanol–water partition coefficient (Wildman–Crippen LogP) is 2.97. The second-order valence-electron chi connectivity index (χ2n) is 6.54. The summed E-state index contributed by atoms with van der Waals surface area (Å²) in [6.07, 6.45) is 8.14. The van der Waals surface area contributed by atoms with E-state index in [1.54, 1.807) is 6.33 Å². The minimum Gasteiger partial charge on any atom is -0.351 e. The van der Waals surface area contributed by atoms with Crippen LogP contribution in [0.5, 0.6) is 0 Å². The van der Waals surface area contributed by atoms with Crippen LogP contribution in [0.2, 0.25) is 0 Å². The zero-order valence-corrected chi connectivity index (χ0v) is 13.4. The summed E-state index contributed by atoms with van der Waals surface area (Å²) in [4.78, 5) is 15.8. The fraction of sp³-hybridized carbons (Fsp3) is 0.500. The van der Waals surface area contributed by atoms with Crippen molar-refractivity contribution in [1.82, 2.24) is 19.9 Å². The molecule has 0 atom stereocenters. The van der Waals surface area contributed by atoms with Crippen molar-refractivity contribution in [2.75, 3.05) is 18.4 Å². The summed E-state index contributed by atoms with van der Waals surface area (Å²) in [7, 11) is 0. The van der Waals surface area contributed by atoms with Gasteiger partial charge in [-0.2, -0.15) is 4.98 Å². The van der Waals surface area contributed by atoms with Crippen molar-refractivity contribution in [3.63, 3.8) is 0 Å². The summed E-state index contributed by atoms with van der Waals surface area (Å²) in [6, 6.07) is 11.4. The molecule has 1 saturated heterocycles. The SMILES string of the molecule is c1ccc(-c2ncnc(NC3CCN(C4CCC4)CC3)n2)cc1. The average molecular weight is 309 g/mol. The molecule has 0 spiro atoms. The lowest BCUT2D eigenvalue weighted by Gasteiger charge is -2.41. The number of aromatic nitrogens is 3. The van der Waals surface area contributed by atoms with Gasteiger partial charge in [-0.05, 0) is 25.7 Å². The number of anilines is 1. The zero-order chi connectivity index (χ0) is 15.5. The van der Waals surface area contributed by atoms with E-state index in [1.165, 1.54) is 45.2 Å². The fourth-order valence-corrected chi connectivity index (χ4v) is 3.44. The molecular formula is C18H23N5. The molecule has 2 heterocycles. The van der Waals surface area contributed by atoms with Gasteiger partial charge in [-0.1, -0.05) is 36.8 Å². The van der Waals surface area contributed by atoms with Crippen LogP contribution in [0.4, 0.5) is 5.95 Å². The van der Waals surface area contributed by atoms with E-state index in [2.05, 4.69) is 25.2 Å².